The Morgan fingerprint density at radius 2 is 1.91 bits per heavy atom. The van der Waals surface area contributed by atoms with Crippen LogP contribution in [0.3, 0.4) is 0 Å². The van der Waals surface area contributed by atoms with Crippen LogP contribution in [-0.4, -0.2) is 35.4 Å². The van der Waals surface area contributed by atoms with Crippen LogP contribution < -0.4 is 9.64 Å². The minimum Gasteiger partial charge on any atom is -0.508 e. The van der Waals surface area contributed by atoms with E-state index in [4.69, 9.17) is 4.74 Å². The fourth-order valence-electron chi connectivity index (χ4n) is 2.60. The molecule has 1 atom stereocenters. The zero-order valence-corrected chi connectivity index (χ0v) is 12.0. The minimum atomic E-state index is -0.664. The monoisotopic (exact) mass is 299 g/mol. The van der Waals surface area contributed by atoms with Crippen LogP contribution in [0.4, 0.5) is 5.69 Å². The van der Waals surface area contributed by atoms with Crippen LogP contribution in [0.25, 0.3) is 0 Å². The highest BCUT2D eigenvalue weighted by Gasteiger charge is 2.34. The number of hydrogen-bond acceptors (Lipinski definition) is 4. The first-order valence-corrected chi connectivity index (χ1v) is 7.15. The number of aliphatic hydroxyl groups is 1. The number of aromatic hydroxyl groups is 1. The number of hydrogen-bond donors (Lipinski definition) is 2. The first kappa shape index (κ1) is 14.4. The highest BCUT2D eigenvalue weighted by molar-refractivity contribution is 6.00. The van der Waals surface area contributed by atoms with E-state index in [1.807, 2.05) is 30.3 Å². The molecule has 0 fully saturated rings. The predicted molar refractivity (Wildman–Crippen MR) is 82.1 cm³/mol. The summed E-state index contributed by atoms with van der Waals surface area (Å²) in [6, 6.07) is 14.2. The topological polar surface area (TPSA) is 70.0 Å². The van der Waals surface area contributed by atoms with E-state index < -0.39 is 6.10 Å². The maximum Gasteiger partial charge on any atom is 0.268 e. The zero-order valence-electron chi connectivity index (χ0n) is 12.0. The lowest BCUT2D eigenvalue weighted by Gasteiger charge is -2.34. The van der Waals surface area contributed by atoms with Crippen molar-refractivity contribution in [1.29, 1.82) is 0 Å². The fourth-order valence-corrected chi connectivity index (χ4v) is 2.60. The summed E-state index contributed by atoms with van der Waals surface area (Å²) < 4.78 is 5.77. The van der Waals surface area contributed by atoms with E-state index in [0.717, 1.165) is 5.56 Å². The number of benzene rings is 2. The zero-order chi connectivity index (χ0) is 15.5. The molecule has 0 aromatic heterocycles. The summed E-state index contributed by atoms with van der Waals surface area (Å²) in [5.41, 5.74) is 1.56. The van der Waals surface area contributed by atoms with Crippen LogP contribution in [-0.2, 0) is 11.2 Å². The molecule has 0 aliphatic carbocycles. The molecule has 1 aliphatic rings. The average molecular weight is 299 g/mol. The number of carbonyl (C=O) groups is 1. The van der Waals surface area contributed by atoms with Crippen LogP contribution in [0.5, 0.6) is 11.5 Å². The van der Waals surface area contributed by atoms with Crippen molar-refractivity contribution in [3.05, 3.63) is 54.1 Å². The molecule has 2 N–H and O–H groups in total. The lowest BCUT2D eigenvalue weighted by molar-refractivity contribution is -0.126. The molecule has 0 spiro atoms. The van der Waals surface area contributed by atoms with E-state index in [1.54, 1.807) is 6.07 Å². The van der Waals surface area contributed by atoms with Gasteiger partial charge in [-0.1, -0.05) is 30.3 Å². The van der Waals surface area contributed by atoms with E-state index in [-0.39, 0.29) is 24.8 Å². The number of fused-ring (bicyclic) bond motifs is 1. The van der Waals surface area contributed by atoms with Crippen LogP contribution in [0.2, 0.25) is 0 Å². The molecule has 0 radical (unpaired) electrons. The molecule has 2 aromatic rings. The summed E-state index contributed by atoms with van der Waals surface area (Å²) in [5.74, 6) is 0.348. The van der Waals surface area contributed by atoms with Crippen molar-refractivity contribution in [3.63, 3.8) is 0 Å². The Bertz CT molecular complexity index is 672. The number of aliphatic hydroxyl groups excluding tert-OH is 1. The Morgan fingerprint density at radius 3 is 2.64 bits per heavy atom. The van der Waals surface area contributed by atoms with Gasteiger partial charge in [0.2, 0.25) is 0 Å². The Kier molecular flexibility index (Phi) is 3.98. The van der Waals surface area contributed by atoms with Gasteiger partial charge >= 0.3 is 0 Å². The third kappa shape index (κ3) is 2.76. The second-order valence-corrected chi connectivity index (χ2v) is 5.16. The SMILES string of the molecule is O=C1C(Cc2ccccc2)Oc2cc(O)ccc2N1CCO. The number of rotatable bonds is 4. The molecule has 0 bridgehead atoms. The van der Waals surface area contributed by atoms with Gasteiger partial charge in [-0.15, -0.1) is 0 Å². The number of anilines is 1. The summed E-state index contributed by atoms with van der Waals surface area (Å²) in [5, 5.41) is 18.8. The number of nitrogens with zero attached hydrogens (tertiary/aromatic N) is 1. The molecule has 2 aromatic carbocycles. The van der Waals surface area contributed by atoms with Gasteiger partial charge in [0.25, 0.3) is 5.91 Å². The van der Waals surface area contributed by atoms with Crippen LogP contribution in [0.1, 0.15) is 5.56 Å². The van der Waals surface area contributed by atoms with Crippen molar-refractivity contribution in [1.82, 2.24) is 0 Å². The number of phenols is 1. The highest BCUT2D eigenvalue weighted by Crippen LogP contribution is 2.37. The van der Waals surface area contributed by atoms with E-state index >= 15 is 0 Å². The second kappa shape index (κ2) is 6.07. The number of ether oxygens (including phenoxy) is 1. The largest absolute Gasteiger partial charge is 0.508 e. The molecule has 3 rings (SSSR count). The van der Waals surface area contributed by atoms with E-state index in [2.05, 4.69) is 0 Å². The number of carbonyl (C=O) groups excluding carboxylic acids is 1. The summed E-state index contributed by atoms with van der Waals surface area (Å²) in [4.78, 5) is 14.1. The average Bonchev–Trinajstić information content (AvgIpc) is 2.52. The summed E-state index contributed by atoms with van der Waals surface area (Å²) in [7, 11) is 0. The van der Waals surface area contributed by atoms with Gasteiger partial charge in [0.1, 0.15) is 11.5 Å². The first-order valence-electron chi connectivity index (χ1n) is 7.15. The molecule has 1 heterocycles. The van der Waals surface area contributed by atoms with Gasteiger partial charge in [-0.3, -0.25) is 4.79 Å². The summed E-state index contributed by atoms with van der Waals surface area (Å²) in [6.07, 6.45) is -0.222. The maximum absolute atomic E-state index is 12.6. The molecular weight excluding hydrogens is 282 g/mol. The summed E-state index contributed by atoms with van der Waals surface area (Å²) >= 11 is 0. The Balaban J connectivity index is 1.92. The Morgan fingerprint density at radius 1 is 1.14 bits per heavy atom. The molecular formula is C17H17NO4. The van der Waals surface area contributed by atoms with E-state index in [1.165, 1.54) is 17.0 Å². The summed E-state index contributed by atoms with van der Waals surface area (Å²) in [6.45, 7) is 0.0649. The van der Waals surface area contributed by atoms with Gasteiger partial charge in [-0.05, 0) is 17.7 Å². The molecule has 5 heteroatoms. The van der Waals surface area contributed by atoms with Gasteiger partial charge in [0.05, 0.1) is 12.3 Å². The molecule has 0 saturated heterocycles. The molecule has 22 heavy (non-hydrogen) atoms. The Hall–Kier alpha value is -2.53. The van der Waals surface area contributed by atoms with Crippen molar-refractivity contribution in [2.24, 2.45) is 0 Å². The van der Waals surface area contributed by atoms with E-state index in [0.29, 0.717) is 17.9 Å². The van der Waals surface area contributed by atoms with Gasteiger partial charge in [0.15, 0.2) is 6.10 Å². The Labute approximate surface area is 128 Å². The van der Waals surface area contributed by atoms with Crippen molar-refractivity contribution in [2.45, 2.75) is 12.5 Å². The number of amides is 1. The number of phenolic OH excluding ortho intramolecular Hbond substituents is 1. The molecule has 1 unspecified atom stereocenters. The number of β-amino-alcohol motifs (C(OH)–C–C–N with tert-alkyl or cyclic N) is 1. The van der Waals surface area contributed by atoms with Crippen LogP contribution in [0, 0.1) is 0 Å². The third-order valence-electron chi connectivity index (χ3n) is 3.63. The fraction of sp³-hybridized carbons (Fsp3) is 0.235. The molecule has 1 aliphatic heterocycles. The van der Waals surface area contributed by atoms with Crippen molar-refractivity contribution >= 4 is 11.6 Å². The van der Waals surface area contributed by atoms with Crippen molar-refractivity contribution in [3.8, 4) is 11.5 Å². The third-order valence-corrected chi connectivity index (χ3v) is 3.63. The molecule has 5 nitrogen and oxygen atoms in total. The lowest BCUT2D eigenvalue weighted by atomic mass is 10.0. The van der Waals surface area contributed by atoms with Crippen molar-refractivity contribution in [2.75, 3.05) is 18.1 Å². The van der Waals surface area contributed by atoms with Gasteiger partial charge in [0, 0.05) is 19.0 Å². The second-order valence-electron chi connectivity index (χ2n) is 5.16. The lowest BCUT2D eigenvalue weighted by Crippen LogP contribution is -2.48. The van der Waals surface area contributed by atoms with E-state index in [9.17, 15) is 15.0 Å². The molecule has 0 saturated carbocycles. The molecule has 114 valence electrons. The smallest absolute Gasteiger partial charge is 0.268 e. The van der Waals surface area contributed by atoms with Crippen molar-refractivity contribution < 1.29 is 19.7 Å². The quantitative estimate of drug-likeness (QED) is 0.902. The molecule has 1 amide bonds. The standard InChI is InChI=1S/C17H17NO4/c19-9-8-18-14-7-6-13(20)11-15(14)22-16(17(18)21)10-12-4-2-1-3-5-12/h1-7,11,16,19-20H,8-10H2. The first-order chi connectivity index (χ1) is 10.7. The minimum absolute atomic E-state index is 0.0792. The highest BCUT2D eigenvalue weighted by atomic mass is 16.5. The van der Waals surface area contributed by atoms with Gasteiger partial charge in [-0.25, -0.2) is 0 Å². The normalized spacial score (nSPS) is 17.0. The van der Waals surface area contributed by atoms with Gasteiger partial charge < -0.3 is 19.8 Å². The van der Waals surface area contributed by atoms with Crippen LogP contribution >= 0.6 is 0 Å². The maximum atomic E-state index is 12.6. The van der Waals surface area contributed by atoms with Crippen LogP contribution in [0.15, 0.2) is 48.5 Å². The predicted octanol–water partition coefficient (Wildman–Crippen LogP) is 1.72. The van der Waals surface area contributed by atoms with Gasteiger partial charge in [-0.2, -0.15) is 0 Å².